The molecule has 0 aliphatic heterocycles. The third kappa shape index (κ3) is 4.82. The van der Waals surface area contributed by atoms with Gasteiger partial charge in [0.2, 0.25) is 0 Å². The van der Waals surface area contributed by atoms with Gasteiger partial charge in [-0.3, -0.25) is 4.79 Å². The number of hydrogen-bond donors (Lipinski definition) is 1. The number of nitrogens with zero attached hydrogens (tertiary/aromatic N) is 1. The van der Waals surface area contributed by atoms with E-state index in [2.05, 4.69) is 6.07 Å². The Kier molecular flexibility index (Phi) is 7.75. The first-order valence-electron chi connectivity index (χ1n) is 11.2. The topological polar surface area (TPSA) is 106 Å². The van der Waals surface area contributed by atoms with Crippen molar-refractivity contribution in [3.63, 3.8) is 0 Å². The standard InChI is InChI=1S/C27H29NO6/c1-4-32-15-16-33-24(29)14-13-23-26(2,3)27(23,25(30)31)22(18-28)19-9-8-12-21(17-19)34-20-10-6-5-7-11-20/h5-14,17,22-23H,4,15-16H2,1-3H3,(H,30,31)/t22?,23-,27+/m0/s1. The Morgan fingerprint density at radius 1 is 1.12 bits per heavy atom. The van der Waals surface area contributed by atoms with E-state index in [-0.39, 0.29) is 6.61 Å². The van der Waals surface area contributed by atoms with E-state index < -0.39 is 34.6 Å². The van der Waals surface area contributed by atoms with E-state index in [1.807, 2.05) is 37.3 Å². The second-order valence-electron chi connectivity index (χ2n) is 8.65. The second-order valence-corrected chi connectivity index (χ2v) is 8.65. The molecule has 2 aromatic rings. The molecule has 3 atom stereocenters. The summed E-state index contributed by atoms with van der Waals surface area (Å²) in [6, 6.07) is 18.3. The monoisotopic (exact) mass is 463 g/mol. The van der Waals surface area contributed by atoms with Crippen LogP contribution in [-0.4, -0.2) is 36.9 Å². The van der Waals surface area contributed by atoms with Crippen molar-refractivity contribution in [2.24, 2.45) is 16.7 Å². The summed E-state index contributed by atoms with van der Waals surface area (Å²) < 4.78 is 16.1. The van der Waals surface area contributed by atoms with E-state index in [0.29, 0.717) is 30.3 Å². The summed E-state index contributed by atoms with van der Waals surface area (Å²) in [5, 5.41) is 20.4. The van der Waals surface area contributed by atoms with Crippen molar-refractivity contribution >= 4 is 11.9 Å². The number of esters is 1. The quantitative estimate of drug-likeness (QED) is 0.285. The van der Waals surface area contributed by atoms with E-state index in [9.17, 15) is 20.0 Å². The van der Waals surface area contributed by atoms with Crippen molar-refractivity contribution in [1.82, 2.24) is 0 Å². The predicted octanol–water partition coefficient (Wildman–Crippen LogP) is 4.95. The first-order valence-corrected chi connectivity index (χ1v) is 11.2. The molecule has 3 rings (SSSR count). The minimum Gasteiger partial charge on any atom is -0.481 e. The van der Waals surface area contributed by atoms with Gasteiger partial charge in [0.1, 0.15) is 23.5 Å². The van der Waals surface area contributed by atoms with Crippen LogP contribution in [0, 0.1) is 28.1 Å². The molecule has 178 valence electrons. The number of ether oxygens (including phenoxy) is 3. The third-order valence-electron chi connectivity index (χ3n) is 6.46. The molecule has 1 fully saturated rings. The molecule has 0 spiro atoms. The van der Waals surface area contributed by atoms with Crippen LogP contribution in [0.4, 0.5) is 0 Å². The maximum absolute atomic E-state index is 12.6. The van der Waals surface area contributed by atoms with Gasteiger partial charge in [-0.25, -0.2) is 4.79 Å². The number of carbonyl (C=O) groups excluding carboxylic acids is 1. The van der Waals surface area contributed by atoms with Crippen LogP contribution in [-0.2, 0) is 19.1 Å². The van der Waals surface area contributed by atoms with Crippen molar-refractivity contribution in [2.75, 3.05) is 19.8 Å². The minimum absolute atomic E-state index is 0.115. The van der Waals surface area contributed by atoms with E-state index in [4.69, 9.17) is 14.2 Å². The number of hydrogen-bond acceptors (Lipinski definition) is 6. The molecule has 1 aliphatic rings. The minimum atomic E-state index is -1.41. The third-order valence-corrected chi connectivity index (χ3v) is 6.46. The lowest BCUT2D eigenvalue weighted by Gasteiger charge is -2.22. The molecule has 7 nitrogen and oxygen atoms in total. The zero-order valence-electron chi connectivity index (χ0n) is 19.6. The first-order chi connectivity index (χ1) is 16.3. The summed E-state index contributed by atoms with van der Waals surface area (Å²) in [6.07, 6.45) is 2.79. The second kappa shape index (κ2) is 10.5. The molecule has 0 saturated heterocycles. The lowest BCUT2D eigenvalue weighted by atomic mass is 9.78. The summed E-state index contributed by atoms with van der Waals surface area (Å²) in [5.74, 6) is -2.01. The van der Waals surface area contributed by atoms with Gasteiger partial charge in [-0.15, -0.1) is 0 Å². The highest BCUT2D eigenvalue weighted by molar-refractivity contribution is 5.86. The van der Waals surface area contributed by atoms with Crippen LogP contribution < -0.4 is 4.74 Å². The van der Waals surface area contributed by atoms with Gasteiger partial charge < -0.3 is 19.3 Å². The van der Waals surface area contributed by atoms with E-state index >= 15 is 0 Å². The fourth-order valence-corrected chi connectivity index (χ4v) is 4.70. The molecular weight excluding hydrogens is 434 g/mol. The maximum Gasteiger partial charge on any atom is 0.330 e. The lowest BCUT2D eigenvalue weighted by Crippen LogP contribution is -2.28. The van der Waals surface area contributed by atoms with Crippen LogP contribution >= 0.6 is 0 Å². The Hall–Kier alpha value is -3.63. The summed E-state index contributed by atoms with van der Waals surface area (Å²) >= 11 is 0. The fourth-order valence-electron chi connectivity index (χ4n) is 4.70. The SMILES string of the molecule is CCOCCOC(=O)C=C[C@H]1C(C)(C)[C@]1(C(=O)O)C(C#N)c1cccc(Oc2ccccc2)c1. The number of allylic oxidation sites excluding steroid dienone is 1. The molecule has 0 radical (unpaired) electrons. The smallest absolute Gasteiger partial charge is 0.330 e. The van der Waals surface area contributed by atoms with E-state index in [1.54, 1.807) is 44.2 Å². The largest absolute Gasteiger partial charge is 0.481 e. The van der Waals surface area contributed by atoms with Gasteiger partial charge in [-0.1, -0.05) is 50.3 Å². The highest BCUT2D eigenvalue weighted by atomic mass is 16.6. The number of para-hydroxylation sites is 1. The Bertz CT molecular complexity index is 1090. The summed E-state index contributed by atoms with van der Waals surface area (Å²) in [7, 11) is 0. The number of carbonyl (C=O) groups is 2. The zero-order valence-corrected chi connectivity index (χ0v) is 19.6. The van der Waals surface area contributed by atoms with E-state index in [1.165, 1.54) is 6.08 Å². The highest BCUT2D eigenvalue weighted by Gasteiger charge is 2.78. The summed E-state index contributed by atoms with van der Waals surface area (Å²) in [5.41, 5.74) is -1.63. The number of carboxylic acids is 1. The molecule has 0 amide bonds. The highest BCUT2D eigenvalue weighted by Crippen LogP contribution is 2.75. The van der Waals surface area contributed by atoms with Crippen molar-refractivity contribution in [3.05, 3.63) is 72.3 Å². The number of carboxylic acid groups (broad SMARTS) is 1. The molecule has 34 heavy (non-hydrogen) atoms. The first kappa shape index (κ1) is 25.0. The van der Waals surface area contributed by atoms with Gasteiger partial charge in [0, 0.05) is 18.6 Å². The van der Waals surface area contributed by atoms with Crippen LogP contribution in [0.25, 0.3) is 0 Å². The van der Waals surface area contributed by atoms with Crippen LogP contribution in [0.3, 0.4) is 0 Å². The molecule has 1 saturated carbocycles. The average Bonchev–Trinajstić information content (AvgIpc) is 3.32. The Balaban J connectivity index is 1.84. The van der Waals surface area contributed by atoms with E-state index in [0.717, 1.165) is 0 Å². The molecular formula is C27H29NO6. The lowest BCUT2D eigenvalue weighted by molar-refractivity contribution is -0.145. The van der Waals surface area contributed by atoms with Crippen LogP contribution in [0.2, 0.25) is 0 Å². The molecule has 0 aromatic heterocycles. The zero-order chi connectivity index (χ0) is 24.8. The van der Waals surface area contributed by atoms with Gasteiger partial charge >= 0.3 is 11.9 Å². The molecule has 0 bridgehead atoms. The Morgan fingerprint density at radius 2 is 1.82 bits per heavy atom. The van der Waals surface area contributed by atoms with Crippen molar-refractivity contribution in [2.45, 2.75) is 26.7 Å². The Labute approximate surface area is 199 Å². The molecule has 7 heteroatoms. The van der Waals surface area contributed by atoms with Crippen molar-refractivity contribution in [1.29, 1.82) is 5.26 Å². The fraction of sp³-hybridized carbons (Fsp3) is 0.370. The molecule has 1 N–H and O–H groups in total. The maximum atomic E-state index is 12.6. The van der Waals surface area contributed by atoms with Gasteiger partial charge in [0.25, 0.3) is 0 Å². The molecule has 0 heterocycles. The summed E-state index contributed by atoms with van der Waals surface area (Å²) in [4.78, 5) is 24.7. The van der Waals surface area contributed by atoms with Gasteiger partial charge in [-0.2, -0.15) is 5.26 Å². The van der Waals surface area contributed by atoms with Gasteiger partial charge in [0.15, 0.2) is 0 Å². The normalized spacial score (nSPS) is 21.4. The predicted molar refractivity (Wildman–Crippen MR) is 125 cm³/mol. The van der Waals surface area contributed by atoms with Crippen LogP contribution in [0.1, 0.15) is 32.3 Å². The summed E-state index contributed by atoms with van der Waals surface area (Å²) in [6.45, 7) is 6.37. The Morgan fingerprint density at radius 3 is 2.47 bits per heavy atom. The number of benzene rings is 2. The van der Waals surface area contributed by atoms with Crippen molar-refractivity contribution < 1.29 is 28.9 Å². The van der Waals surface area contributed by atoms with Crippen molar-refractivity contribution in [3.8, 4) is 17.6 Å². The van der Waals surface area contributed by atoms with Crippen LogP contribution in [0.15, 0.2) is 66.7 Å². The van der Waals surface area contributed by atoms with Crippen LogP contribution in [0.5, 0.6) is 11.5 Å². The van der Waals surface area contributed by atoms with Gasteiger partial charge in [-0.05, 0) is 42.2 Å². The number of rotatable bonds is 11. The molecule has 1 unspecified atom stereocenters. The molecule has 2 aromatic carbocycles. The number of aliphatic carboxylic acids is 1. The average molecular weight is 464 g/mol. The van der Waals surface area contributed by atoms with Gasteiger partial charge in [0.05, 0.1) is 18.6 Å². The molecule has 1 aliphatic carbocycles. The number of nitriles is 1.